The second-order valence-corrected chi connectivity index (χ2v) is 8.32. The van der Waals surface area contributed by atoms with Crippen LogP contribution in [0.5, 0.6) is 5.75 Å². The average Bonchev–Trinajstić information content (AvgIpc) is 2.64. The summed E-state index contributed by atoms with van der Waals surface area (Å²) >= 11 is 0. The molecule has 0 saturated carbocycles. The number of rotatable bonds is 3. The Labute approximate surface area is 156 Å². The molecule has 3 heterocycles. The van der Waals surface area contributed by atoms with Gasteiger partial charge in [0.05, 0.1) is 0 Å². The molecule has 2 aliphatic heterocycles. The van der Waals surface area contributed by atoms with Gasteiger partial charge in [-0.1, -0.05) is 32.0 Å². The lowest BCUT2D eigenvalue weighted by molar-refractivity contribution is -0.00560. The molecule has 4 nitrogen and oxygen atoms in total. The maximum Gasteiger partial charge on any atom is 0.115 e. The van der Waals surface area contributed by atoms with Crippen LogP contribution < -0.4 is 0 Å². The van der Waals surface area contributed by atoms with Gasteiger partial charge in [0.15, 0.2) is 0 Å². The Balaban J connectivity index is 1.50. The fourth-order valence-electron chi connectivity index (χ4n) is 4.79. The van der Waals surface area contributed by atoms with Gasteiger partial charge in [-0.2, -0.15) is 0 Å². The zero-order valence-electron chi connectivity index (χ0n) is 15.8. The van der Waals surface area contributed by atoms with Crippen molar-refractivity contribution in [2.45, 2.75) is 38.3 Å². The molecule has 1 aromatic heterocycles. The summed E-state index contributed by atoms with van der Waals surface area (Å²) in [5.74, 6) is 0.950. The van der Waals surface area contributed by atoms with Gasteiger partial charge < -0.3 is 5.11 Å². The molecule has 1 unspecified atom stereocenters. The van der Waals surface area contributed by atoms with E-state index in [9.17, 15) is 5.11 Å². The molecular formula is C22H29N3O. The maximum absolute atomic E-state index is 9.96. The lowest BCUT2D eigenvalue weighted by atomic mass is 9.65. The number of piperazine rings is 1. The van der Waals surface area contributed by atoms with E-state index < -0.39 is 0 Å². The number of aromatic hydroxyl groups is 1. The van der Waals surface area contributed by atoms with Gasteiger partial charge in [0.25, 0.3) is 0 Å². The van der Waals surface area contributed by atoms with Crippen LogP contribution >= 0.6 is 0 Å². The molecule has 3 atom stereocenters. The summed E-state index contributed by atoms with van der Waals surface area (Å²) in [4.78, 5) is 9.49. The number of hydrogen-bond donors (Lipinski definition) is 1. The third-order valence-corrected chi connectivity index (χ3v) is 6.58. The molecule has 0 bridgehead atoms. The average molecular weight is 351 g/mol. The minimum atomic E-state index is 0.108. The Kier molecular flexibility index (Phi) is 4.72. The number of pyridine rings is 1. The SMILES string of the molecule is C[C@H]1CN2CCN(Cc3cccnc3)C[C@H]2CC1(C)c1cccc(O)c1. The van der Waals surface area contributed by atoms with Crippen molar-refractivity contribution in [1.82, 2.24) is 14.8 Å². The summed E-state index contributed by atoms with van der Waals surface area (Å²) in [6.45, 7) is 10.2. The number of hydrogen-bond acceptors (Lipinski definition) is 4. The topological polar surface area (TPSA) is 39.6 Å². The van der Waals surface area contributed by atoms with Crippen LogP contribution in [-0.4, -0.2) is 52.1 Å². The van der Waals surface area contributed by atoms with Gasteiger partial charge in [-0.3, -0.25) is 14.8 Å². The van der Waals surface area contributed by atoms with E-state index >= 15 is 0 Å². The van der Waals surface area contributed by atoms with Crippen LogP contribution in [0.25, 0.3) is 0 Å². The Morgan fingerprint density at radius 1 is 1.19 bits per heavy atom. The van der Waals surface area contributed by atoms with Crippen molar-refractivity contribution < 1.29 is 5.11 Å². The highest BCUT2D eigenvalue weighted by Gasteiger charge is 2.44. The van der Waals surface area contributed by atoms with Crippen molar-refractivity contribution in [2.75, 3.05) is 26.2 Å². The van der Waals surface area contributed by atoms with Gasteiger partial charge in [0.1, 0.15) is 5.75 Å². The van der Waals surface area contributed by atoms with Crippen molar-refractivity contribution in [2.24, 2.45) is 5.92 Å². The monoisotopic (exact) mass is 351 g/mol. The summed E-state index contributed by atoms with van der Waals surface area (Å²) < 4.78 is 0. The van der Waals surface area contributed by atoms with Crippen LogP contribution in [-0.2, 0) is 12.0 Å². The van der Waals surface area contributed by atoms with Gasteiger partial charge in [0, 0.05) is 51.2 Å². The van der Waals surface area contributed by atoms with Crippen molar-refractivity contribution in [3.8, 4) is 5.75 Å². The minimum Gasteiger partial charge on any atom is -0.508 e. The Morgan fingerprint density at radius 3 is 2.85 bits per heavy atom. The zero-order valence-corrected chi connectivity index (χ0v) is 15.8. The standard InChI is InChI=1S/C22H29N3O/c1-17-14-25-10-9-24(15-18-5-4-8-23-13-18)16-20(25)12-22(17,2)19-6-3-7-21(26)11-19/h3-8,11,13,17,20,26H,9-10,12,14-16H2,1-2H3/t17-,20+,22?/m0/s1. The van der Waals surface area contributed by atoms with Gasteiger partial charge in [-0.15, -0.1) is 0 Å². The molecule has 2 saturated heterocycles. The first-order chi connectivity index (χ1) is 12.5. The predicted octanol–water partition coefficient (Wildman–Crippen LogP) is 3.27. The van der Waals surface area contributed by atoms with E-state index in [1.54, 1.807) is 6.07 Å². The van der Waals surface area contributed by atoms with Crippen molar-refractivity contribution in [3.05, 3.63) is 59.9 Å². The van der Waals surface area contributed by atoms with Crippen molar-refractivity contribution >= 4 is 0 Å². The zero-order chi connectivity index (χ0) is 18.1. The van der Waals surface area contributed by atoms with Crippen molar-refractivity contribution in [3.63, 3.8) is 0 Å². The van der Waals surface area contributed by atoms with E-state index in [2.05, 4.69) is 40.8 Å². The molecule has 0 radical (unpaired) electrons. The molecule has 4 rings (SSSR count). The number of fused-ring (bicyclic) bond motifs is 1. The molecule has 0 spiro atoms. The fourth-order valence-corrected chi connectivity index (χ4v) is 4.79. The van der Waals surface area contributed by atoms with Crippen LogP contribution in [0.15, 0.2) is 48.8 Å². The van der Waals surface area contributed by atoms with E-state index in [-0.39, 0.29) is 5.41 Å². The molecule has 2 aliphatic rings. The third-order valence-electron chi connectivity index (χ3n) is 6.58. The normalized spacial score (nSPS) is 30.1. The van der Waals surface area contributed by atoms with Crippen LogP contribution in [0.3, 0.4) is 0 Å². The first kappa shape index (κ1) is 17.5. The van der Waals surface area contributed by atoms with Crippen molar-refractivity contribution in [1.29, 1.82) is 0 Å². The molecule has 2 fully saturated rings. The number of piperidine rings is 1. The minimum absolute atomic E-state index is 0.108. The molecule has 0 amide bonds. The Bertz CT molecular complexity index is 750. The highest BCUT2D eigenvalue weighted by molar-refractivity contribution is 5.34. The molecule has 1 aromatic carbocycles. The first-order valence-corrected chi connectivity index (χ1v) is 9.69. The van der Waals surface area contributed by atoms with Gasteiger partial charge in [-0.25, -0.2) is 0 Å². The summed E-state index contributed by atoms with van der Waals surface area (Å²) in [6, 6.07) is 12.6. The highest BCUT2D eigenvalue weighted by atomic mass is 16.3. The van der Waals surface area contributed by atoms with E-state index in [0.717, 1.165) is 39.1 Å². The second kappa shape index (κ2) is 7.01. The molecule has 1 N–H and O–H groups in total. The van der Waals surface area contributed by atoms with Gasteiger partial charge in [-0.05, 0) is 47.1 Å². The molecule has 4 heteroatoms. The van der Waals surface area contributed by atoms with E-state index in [4.69, 9.17) is 0 Å². The summed E-state index contributed by atoms with van der Waals surface area (Å²) in [5.41, 5.74) is 2.67. The molecular weight excluding hydrogens is 322 g/mol. The van der Waals surface area contributed by atoms with Crippen LogP contribution in [0.4, 0.5) is 0 Å². The Hall–Kier alpha value is -1.91. The smallest absolute Gasteiger partial charge is 0.115 e. The maximum atomic E-state index is 9.96. The largest absolute Gasteiger partial charge is 0.508 e. The van der Waals surface area contributed by atoms with E-state index in [0.29, 0.717) is 17.7 Å². The number of phenols is 1. The third kappa shape index (κ3) is 3.36. The number of phenolic OH excluding ortho intramolecular Hbond substituents is 1. The fraction of sp³-hybridized carbons (Fsp3) is 0.500. The van der Waals surface area contributed by atoms with Crippen LogP contribution in [0.1, 0.15) is 31.4 Å². The quantitative estimate of drug-likeness (QED) is 0.921. The molecule has 26 heavy (non-hydrogen) atoms. The van der Waals surface area contributed by atoms with E-state index in [1.165, 1.54) is 11.1 Å². The summed E-state index contributed by atoms with van der Waals surface area (Å²) in [5, 5.41) is 9.96. The number of aromatic nitrogens is 1. The lowest BCUT2D eigenvalue weighted by Crippen LogP contribution is -2.60. The highest BCUT2D eigenvalue weighted by Crippen LogP contribution is 2.43. The van der Waals surface area contributed by atoms with Crippen LogP contribution in [0.2, 0.25) is 0 Å². The molecule has 0 aliphatic carbocycles. The van der Waals surface area contributed by atoms with Gasteiger partial charge in [0.2, 0.25) is 0 Å². The van der Waals surface area contributed by atoms with Gasteiger partial charge >= 0.3 is 0 Å². The molecule has 2 aromatic rings. The first-order valence-electron chi connectivity index (χ1n) is 9.69. The predicted molar refractivity (Wildman–Crippen MR) is 104 cm³/mol. The van der Waals surface area contributed by atoms with Crippen LogP contribution in [0, 0.1) is 5.92 Å². The number of nitrogens with zero attached hydrogens (tertiary/aromatic N) is 3. The summed E-state index contributed by atoms with van der Waals surface area (Å²) in [6.07, 6.45) is 4.96. The Morgan fingerprint density at radius 2 is 2.08 bits per heavy atom. The summed E-state index contributed by atoms with van der Waals surface area (Å²) in [7, 11) is 0. The molecule has 138 valence electrons. The van der Waals surface area contributed by atoms with E-state index in [1.807, 2.05) is 30.6 Å². The number of benzene rings is 1. The lowest BCUT2D eigenvalue weighted by Gasteiger charge is -2.53. The second-order valence-electron chi connectivity index (χ2n) is 8.32.